The molecule has 9 heteroatoms. The van der Waals surface area contributed by atoms with Crippen LogP contribution in [0.25, 0.3) is 0 Å². The van der Waals surface area contributed by atoms with E-state index < -0.39 is 28.1 Å². The van der Waals surface area contributed by atoms with Crippen molar-refractivity contribution in [3.8, 4) is 6.07 Å². The van der Waals surface area contributed by atoms with Gasteiger partial charge in [-0.2, -0.15) is 5.26 Å². The summed E-state index contributed by atoms with van der Waals surface area (Å²) in [5.74, 6) is -0.544. The quantitative estimate of drug-likeness (QED) is 0.806. The molecule has 3 rings (SSSR count). The number of imide groups is 1. The van der Waals surface area contributed by atoms with Crippen LogP contribution in [0, 0.1) is 11.3 Å². The van der Waals surface area contributed by atoms with Gasteiger partial charge in [0, 0.05) is 0 Å². The Morgan fingerprint density at radius 3 is 2.41 bits per heavy atom. The number of hydrogen-bond donors (Lipinski definition) is 1. The van der Waals surface area contributed by atoms with Crippen molar-refractivity contribution < 1.29 is 22.7 Å². The van der Waals surface area contributed by atoms with Crippen molar-refractivity contribution >= 4 is 22.0 Å². The highest BCUT2D eigenvalue weighted by Gasteiger charge is 2.35. The van der Waals surface area contributed by atoms with E-state index in [1.165, 1.54) is 18.2 Å². The predicted octanol–water partition coefficient (Wildman–Crippen LogP) is 1.56. The van der Waals surface area contributed by atoms with E-state index in [-0.39, 0.29) is 23.6 Å². The van der Waals surface area contributed by atoms with E-state index in [0.717, 1.165) is 4.90 Å². The maximum atomic E-state index is 12.9. The van der Waals surface area contributed by atoms with Crippen LogP contribution in [0.4, 0.5) is 4.79 Å². The molecular formula is C18H15N3O5S. The van der Waals surface area contributed by atoms with Crippen molar-refractivity contribution in [2.24, 2.45) is 0 Å². The first-order valence-corrected chi connectivity index (χ1v) is 9.44. The molecule has 0 radical (unpaired) electrons. The fourth-order valence-corrected chi connectivity index (χ4v) is 4.05. The second kappa shape index (κ2) is 7.57. The number of nitrogens with one attached hydrogen (secondary N) is 1. The highest BCUT2D eigenvalue weighted by atomic mass is 32.2. The molecule has 0 aliphatic carbocycles. The molecule has 0 bridgehead atoms. The Hall–Kier alpha value is -3.22. The van der Waals surface area contributed by atoms with Crippen LogP contribution < -0.4 is 4.72 Å². The molecule has 1 fully saturated rings. The number of nitrogens with zero attached hydrogens (tertiary/aromatic N) is 2. The van der Waals surface area contributed by atoms with Crippen molar-refractivity contribution in [3.63, 3.8) is 0 Å². The average molecular weight is 385 g/mol. The summed E-state index contributed by atoms with van der Waals surface area (Å²) < 4.78 is 32.9. The summed E-state index contributed by atoms with van der Waals surface area (Å²) in [6.07, 6.45) is -0.822. The minimum Gasteiger partial charge on any atom is -0.439 e. The molecule has 0 aromatic heterocycles. The van der Waals surface area contributed by atoms with E-state index in [1.807, 2.05) is 6.07 Å². The van der Waals surface area contributed by atoms with Crippen LogP contribution in [0.2, 0.25) is 0 Å². The zero-order valence-electron chi connectivity index (χ0n) is 14.0. The molecule has 1 aliphatic rings. The van der Waals surface area contributed by atoms with Crippen molar-refractivity contribution in [1.29, 1.82) is 5.26 Å². The van der Waals surface area contributed by atoms with Crippen LogP contribution in [-0.4, -0.2) is 38.5 Å². The van der Waals surface area contributed by atoms with E-state index >= 15 is 0 Å². The van der Waals surface area contributed by atoms with Crippen LogP contribution >= 0.6 is 0 Å². The number of nitriles is 1. The third-order valence-corrected chi connectivity index (χ3v) is 5.53. The number of carbonyl (C=O) groups is 2. The molecule has 2 aromatic rings. The summed E-state index contributed by atoms with van der Waals surface area (Å²) >= 11 is 0. The number of hydrogen-bond acceptors (Lipinski definition) is 6. The molecule has 1 N–H and O–H groups in total. The Labute approximate surface area is 156 Å². The van der Waals surface area contributed by atoms with Crippen molar-refractivity contribution in [2.75, 3.05) is 13.2 Å². The summed E-state index contributed by atoms with van der Waals surface area (Å²) in [7, 11) is -4.09. The second-order valence-corrected chi connectivity index (χ2v) is 7.43. The molecule has 2 amide bonds. The van der Waals surface area contributed by atoms with Gasteiger partial charge in [0.1, 0.15) is 6.07 Å². The monoisotopic (exact) mass is 385 g/mol. The normalized spacial score (nSPS) is 15.3. The third kappa shape index (κ3) is 3.97. The van der Waals surface area contributed by atoms with E-state index in [2.05, 4.69) is 9.46 Å². The lowest BCUT2D eigenvalue weighted by Gasteiger charge is -2.23. The molecule has 138 valence electrons. The summed E-state index contributed by atoms with van der Waals surface area (Å²) in [5.41, 5.74) is 0.552. The first kappa shape index (κ1) is 18.6. The van der Waals surface area contributed by atoms with Gasteiger partial charge in [0.05, 0.1) is 23.0 Å². The van der Waals surface area contributed by atoms with Crippen molar-refractivity contribution in [3.05, 3.63) is 65.7 Å². The number of amides is 2. The molecule has 1 aliphatic heterocycles. The molecule has 1 atom stereocenters. The highest BCUT2D eigenvalue weighted by molar-refractivity contribution is 7.89. The number of ether oxygens (including phenoxy) is 1. The minimum atomic E-state index is -4.09. The Morgan fingerprint density at radius 2 is 1.78 bits per heavy atom. The third-order valence-electron chi connectivity index (χ3n) is 4.00. The second-order valence-electron chi connectivity index (χ2n) is 5.75. The Bertz CT molecular complexity index is 999. The first-order valence-electron chi connectivity index (χ1n) is 7.96. The van der Waals surface area contributed by atoms with Gasteiger partial charge in [-0.1, -0.05) is 42.5 Å². The van der Waals surface area contributed by atoms with Gasteiger partial charge in [-0.25, -0.2) is 22.8 Å². The topological polar surface area (TPSA) is 117 Å². The minimum absolute atomic E-state index is 0.00605. The van der Waals surface area contributed by atoms with E-state index in [4.69, 9.17) is 0 Å². The molecule has 0 spiro atoms. The van der Waals surface area contributed by atoms with Gasteiger partial charge in [0.2, 0.25) is 10.0 Å². The van der Waals surface area contributed by atoms with Crippen LogP contribution in [0.5, 0.6) is 0 Å². The van der Waals surface area contributed by atoms with E-state index in [1.54, 1.807) is 36.4 Å². The average Bonchev–Trinajstić information content (AvgIpc) is 3.00. The number of carbonyl (C=O) groups excluding carboxylic acids is 2. The number of benzene rings is 2. The first-order chi connectivity index (χ1) is 12.9. The van der Waals surface area contributed by atoms with Gasteiger partial charge in [-0.05, 0) is 17.7 Å². The smallest absolute Gasteiger partial charge is 0.417 e. The standard InChI is InChI=1S/C18H15N3O5S/c19-10-14-8-4-5-9-16(14)27(24,25)20-15(13-6-2-1-3-7-13)11-21-17(22)12-26-18(21)23/h1-9,15,20H,11-12H2. The summed E-state index contributed by atoms with van der Waals surface area (Å²) in [4.78, 5) is 24.3. The molecule has 2 aromatic carbocycles. The Morgan fingerprint density at radius 1 is 1.11 bits per heavy atom. The van der Waals surface area contributed by atoms with Crippen molar-refractivity contribution in [1.82, 2.24) is 9.62 Å². The molecule has 8 nitrogen and oxygen atoms in total. The largest absolute Gasteiger partial charge is 0.439 e. The summed E-state index contributed by atoms with van der Waals surface area (Å²) in [6, 6.07) is 15.3. The molecule has 0 saturated carbocycles. The molecule has 1 unspecified atom stereocenters. The van der Waals surface area contributed by atoms with Crippen LogP contribution in [-0.2, 0) is 19.6 Å². The predicted molar refractivity (Wildman–Crippen MR) is 93.7 cm³/mol. The van der Waals surface area contributed by atoms with Gasteiger partial charge >= 0.3 is 6.09 Å². The van der Waals surface area contributed by atoms with Gasteiger partial charge in [-0.15, -0.1) is 0 Å². The fraction of sp³-hybridized carbons (Fsp3) is 0.167. The number of cyclic esters (lactones) is 1. The Kier molecular flexibility index (Phi) is 5.21. The molecule has 1 saturated heterocycles. The van der Waals surface area contributed by atoms with Gasteiger partial charge in [0.25, 0.3) is 5.91 Å². The maximum absolute atomic E-state index is 12.9. The maximum Gasteiger partial charge on any atom is 0.417 e. The summed E-state index contributed by atoms with van der Waals surface area (Å²) in [6.45, 7) is -0.597. The van der Waals surface area contributed by atoms with Gasteiger partial charge < -0.3 is 4.74 Å². The lowest BCUT2D eigenvalue weighted by atomic mass is 10.1. The Balaban J connectivity index is 1.95. The van der Waals surface area contributed by atoms with Crippen LogP contribution in [0.15, 0.2) is 59.5 Å². The highest BCUT2D eigenvalue weighted by Crippen LogP contribution is 2.22. The fourth-order valence-electron chi connectivity index (χ4n) is 2.68. The lowest BCUT2D eigenvalue weighted by molar-refractivity contribution is -0.126. The van der Waals surface area contributed by atoms with Crippen molar-refractivity contribution in [2.45, 2.75) is 10.9 Å². The summed E-state index contributed by atoms with van der Waals surface area (Å²) in [5, 5.41) is 9.18. The molecule has 1 heterocycles. The zero-order valence-corrected chi connectivity index (χ0v) is 14.8. The SMILES string of the molecule is N#Cc1ccccc1S(=O)(=O)NC(CN1C(=O)COC1=O)c1ccccc1. The van der Waals surface area contributed by atoms with Crippen LogP contribution in [0.3, 0.4) is 0 Å². The molecular weight excluding hydrogens is 370 g/mol. The number of sulfonamides is 1. The van der Waals surface area contributed by atoms with E-state index in [0.29, 0.717) is 5.56 Å². The van der Waals surface area contributed by atoms with Gasteiger partial charge in [-0.3, -0.25) is 4.79 Å². The lowest BCUT2D eigenvalue weighted by Crippen LogP contribution is -2.40. The van der Waals surface area contributed by atoms with Crippen LogP contribution in [0.1, 0.15) is 17.2 Å². The number of rotatable bonds is 6. The molecule has 27 heavy (non-hydrogen) atoms. The van der Waals surface area contributed by atoms with Gasteiger partial charge in [0.15, 0.2) is 6.61 Å². The zero-order chi connectivity index (χ0) is 19.4. The van der Waals surface area contributed by atoms with E-state index in [9.17, 15) is 23.3 Å².